The summed E-state index contributed by atoms with van der Waals surface area (Å²) in [4.78, 5) is 0. The van der Waals surface area contributed by atoms with E-state index >= 15 is 0 Å². The van der Waals surface area contributed by atoms with E-state index in [1.54, 1.807) is 0 Å². The highest BCUT2D eigenvalue weighted by Gasteiger charge is 2.22. The maximum Gasteiger partial charge on any atom is 0.0632 e. The van der Waals surface area contributed by atoms with Gasteiger partial charge in [-0.25, -0.2) is 0 Å². The number of benzene rings is 1. The Balaban J connectivity index is 2.23. The van der Waals surface area contributed by atoms with E-state index in [2.05, 4.69) is 29.6 Å². The third kappa shape index (κ3) is 2.83. The minimum Gasteiger partial charge on any atom is -0.390 e. The second-order valence-electron chi connectivity index (χ2n) is 5.38. The molecule has 1 atom stereocenters. The number of nitrogens with one attached hydrogen (secondary N) is 1. The summed E-state index contributed by atoms with van der Waals surface area (Å²) in [5.41, 5.74) is 2.08. The molecule has 1 unspecified atom stereocenters. The summed E-state index contributed by atoms with van der Waals surface area (Å²) in [5.74, 6) is 0.624. The summed E-state index contributed by atoms with van der Waals surface area (Å²) in [5, 5.41) is 13.3. The lowest BCUT2D eigenvalue weighted by Gasteiger charge is -2.21. The van der Waals surface area contributed by atoms with E-state index in [4.69, 9.17) is 0 Å². The minimum absolute atomic E-state index is 0.623. The quantitative estimate of drug-likeness (QED) is 0.815. The molecule has 0 amide bonds. The number of rotatable bonds is 3. The summed E-state index contributed by atoms with van der Waals surface area (Å²) in [6.45, 7) is 5.93. The first-order valence-electron chi connectivity index (χ1n) is 6.07. The highest BCUT2D eigenvalue weighted by Crippen LogP contribution is 2.27. The normalized spacial score (nSPS) is 21.3. The molecule has 0 spiro atoms. The van der Waals surface area contributed by atoms with E-state index in [1.165, 1.54) is 17.5 Å². The van der Waals surface area contributed by atoms with Crippen molar-refractivity contribution in [1.82, 2.24) is 5.32 Å². The molecule has 1 fully saturated rings. The second kappa shape index (κ2) is 4.56. The fourth-order valence-corrected chi connectivity index (χ4v) is 2.48. The van der Waals surface area contributed by atoms with Crippen molar-refractivity contribution in [2.24, 2.45) is 0 Å². The fourth-order valence-electron chi connectivity index (χ4n) is 2.48. The van der Waals surface area contributed by atoms with Crippen LogP contribution in [0.2, 0.25) is 0 Å². The number of hydrogen-bond acceptors (Lipinski definition) is 2. The van der Waals surface area contributed by atoms with Crippen molar-refractivity contribution < 1.29 is 5.11 Å². The molecule has 2 nitrogen and oxygen atoms in total. The Bertz CT molecular complexity index is 348. The van der Waals surface area contributed by atoms with E-state index in [-0.39, 0.29) is 0 Å². The highest BCUT2D eigenvalue weighted by molar-refractivity contribution is 5.32. The predicted molar refractivity (Wildman–Crippen MR) is 66.7 cm³/mol. The molecule has 1 aliphatic heterocycles. The second-order valence-corrected chi connectivity index (χ2v) is 5.38. The fraction of sp³-hybridized carbons (Fsp3) is 0.571. The van der Waals surface area contributed by atoms with Gasteiger partial charge in [-0.05, 0) is 43.9 Å². The Labute approximate surface area is 97.7 Å². The van der Waals surface area contributed by atoms with Gasteiger partial charge in [-0.3, -0.25) is 0 Å². The highest BCUT2D eigenvalue weighted by atomic mass is 16.3. The lowest BCUT2D eigenvalue weighted by atomic mass is 9.88. The van der Waals surface area contributed by atoms with Crippen LogP contribution < -0.4 is 5.32 Å². The molecule has 2 rings (SSSR count). The van der Waals surface area contributed by atoms with Crippen molar-refractivity contribution in [2.75, 3.05) is 13.1 Å². The molecule has 1 aliphatic rings. The molecule has 88 valence electrons. The van der Waals surface area contributed by atoms with Gasteiger partial charge in [0, 0.05) is 13.0 Å². The first-order valence-corrected chi connectivity index (χ1v) is 6.07. The van der Waals surface area contributed by atoms with Crippen LogP contribution in [0.3, 0.4) is 0 Å². The van der Waals surface area contributed by atoms with Crippen LogP contribution in [-0.4, -0.2) is 23.8 Å². The van der Waals surface area contributed by atoms with E-state index in [0.717, 1.165) is 19.5 Å². The van der Waals surface area contributed by atoms with Gasteiger partial charge < -0.3 is 10.4 Å². The van der Waals surface area contributed by atoms with Gasteiger partial charge in [0.1, 0.15) is 0 Å². The molecule has 2 heteroatoms. The van der Waals surface area contributed by atoms with Gasteiger partial charge in [0.15, 0.2) is 0 Å². The van der Waals surface area contributed by atoms with Crippen LogP contribution in [0.4, 0.5) is 0 Å². The van der Waals surface area contributed by atoms with Crippen molar-refractivity contribution in [3.8, 4) is 0 Å². The zero-order chi connectivity index (χ0) is 11.6. The standard InChI is InChI=1S/C14H21NO/c1-14(2,16)9-11-5-3-4-6-13(11)12-7-8-15-10-12/h3-6,12,15-16H,7-10H2,1-2H3. The third-order valence-corrected chi connectivity index (χ3v) is 3.18. The van der Waals surface area contributed by atoms with E-state index in [9.17, 15) is 5.11 Å². The van der Waals surface area contributed by atoms with Crippen molar-refractivity contribution in [1.29, 1.82) is 0 Å². The Morgan fingerprint density at radius 2 is 2.12 bits per heavy atom. The first kappa shape index (κ1) is 11.6. The molecule has 0 bridgehead atoms. The van der Waals surface area contributed by atoms with E-state index in [0.29, 0.717) is 5.92 Å². The Kier molecular flexibility index (Phi) is 3.31. The third-order valence-electron chi connectivity index (χ3n) is 3.18. The molecule has 2 N–H and O–H groups in total. The molecule has 0 aliphatic carbocycles. The van der Waals surface area contributed by atoms with Gasteiger partial charge in [0.05, 0.1) is 5.60 Å². The Morgan fingerprint density at radius 3 is 2.75 bits per heavy atom. The number of hydrogen-bond donors (Lipinski definition) is 2. The van der Waals surface area contributed by atoms with Crippen molar-refractivity contribution in [2.45, 2.75) is 38.2 Å². The van der Waals surface area contributed by atoms with Crippen LogP contribution in [0.5, 0.6) is 0 Å². The number of aliphatic hydroxyl groups is 1. The van der Waals surface area contributed by atoms with Crippen LogP contribution >= 0.6 is 0 Å². The molecule has 1 heterocycles. The molecule has 1 saturated heterocycles. The van der Waals surface area contributed by atoms with Crippen LogP contribution in [0.25, 0.3) is 0 Å². The smallest absolute Gasteiger partial charge is 0.0632 e. The van der Waals surface area contributed by atoms with Crippen LogP contribution in [0.1, 0.15) is 37.3 Å². The predicted octanol–water partition coefficient (Wildman–Crippen LogP) is 2.08. The van der Waals surface area contributed by atoms with Crippen molar-refractivity contribution >= 4 is 0 Å². The lowest BCUT2D eigenvalue weighted by Crippen LogP contribution is -2.23. The summed E-state index contributed by atoms with van der Waals surface area (Å²) in [6, 6.07) is 8.51. The zero-order valence-corrected chi connectivity index (χ0v) is 10.2. The van der Waals surface area contributed by atoms with Gasteiger partial charge in [-0.1, -0.05) is 24.3 Å². The monoisotopic (exact) mass is 219 g/mol. The summed E-state index contributed by atoms with van der Waals surface area (Å²) in [6.07, 6.45) is 1.95. The Morgan fingerprint density at radius 1 is 1.38 bits per heavy atom. The maximum absolute atomic E-state index is 9.92. The first-order chi connectivity index (χ1) is 7.56. The zero-order valence-electron chi connectivity index (χ0n) is 10.2. The van der Waals surface area contributed by atoms with E-state index < -0.39 is 5.60 Å². The topological polar surface area (TPSA) is 32.3 Å². The molecule has 1 aromatic carbocycles. The summed E-state index contributed by atoms with van der Waals surface area (Å²) in [7, 11) is 0. The van der Waals surface area contributed by atoms with Crippen LogP contribution in [-0.2, 0) is 6.42 Å². The van der Waals surface area contributed by atoms with Gasteiger partial charge in [-0.15, -0.1) is 0 Å². The SMILES string of the molecule is CC(C)(O)Cc1ccccc1C1CCNC1. The molecule has 16 heavy (non-hydrogen) atoms. The van der Waals surface area contributed by atoms with Crippen molar-refractivity contribution in [3.05, 3.63) is 35.4 Å². The van der Waals surface area contributed by atoms with Gasteiger partial charge in [-0.2, -0.15) is 0 Å². The lowest BCUT2D eigenvalue weighted by molar-refractivity contribution is 0.0807. The maximum atomic E-state index is 9.92. The van der Waals surface area contributed by atoms with Crippen LogP contribution in [0.15, 0.2) is 24.3 Å². The molecule has 0 radical (unpaired) electrons. The van der Waals surface area contributed by atoms with Gasteiger partial charge >= 0.3 is 0 Å². The minimum atomic E-state index is -0.623. The molecular weight excluding hydrogens is 198 g/mol. The molecule has 0 saturated carbocycles. The average molecular weight is 219 g/mol. The largest absolute Gasteiger partial charge is 0.390 e. The summed E-state index contributed by atoms with van der Waals surface area (Å²) < 4.78 is 0. The van der Waals surface area contributed by atoms with E-state index in [1.807, 2.05) is 13.8 Å². The Hall–Kier alpha value is -0.860. The van der Waals surface area contributed by atoms with Gasteiger partial charge in [0.2, 0.25) is 0 Å². The molecular formula is C14H21NO. The molecule has 0 aromatic heterocycles. The van der Waals surface area contributed by atoms with Crippen LogP contribution in [0, 0.1) is 0 Å². The van der Waals surface area contributed by atoms with Gasteiger partial charge in [0.25, 0.3) is 0 Å². The summed E-state index contributed by atoms with van der Waals surface area (Å²) >= 11 is 0. The van der Waals surface area contributed by atoms with Crippen molar-refractivity contribution in [3.63, 3.8) is 0 Å². The molecule has 1 aromatic rings. The average Bonchev–Trinajstić information content (AvgIpc) is 2.69.